The van der Waals surface area contributed by atoms with Gasteiger partial charge in [-0.15, -0.1) is 0 Å². The lowest BCUT2D eigenvalue weighted by Gasteiger charge is -2.06. The molecule has 1 heterocycles. The van der Waals surface area contributed by atoms with E-state index in [1.165, 1.54) is 5.56 Å². The van der Waals surface area contributed by atoms with Crippen molar-refractivity contribution in [2.75, 3.05) is 17.2 Å². The lowest BCUT2D eigenvalue weighted by Crippen LogP contribution is -2.21. The first-order valence-electron chi connectivity index (χ1n) is 5.73. The zero-order valence-electron chi connectivity index (χ0n) is 10.5. The topological polar surface area (TPSA) is 59.0 Å². The molecule has 0 bridgehead atoms. The number of aryl methyl sites for hydroxylation is 2. The summed E-state index contributed by atoms with van der Waals surface area (Å²) in [6.45, 7) is 2.21. The molecule has 1 aromatic heterocycles. The molecular formula is C13H16N4O. The molecule has 18 heavy (non-hydrogen) atoms. The highest BCUT2D eigenvalue weighted by Crippen LogP contribution is 2.08. The molecular weight excluding hydrogens is 228 g/mol. The maximum atomic E-state index is 11.7. The van der Waals surface area contributed by atoms with Crippen LogP contribution in [-0.4, -0.2) is 22.2 Å². The second-order valence-corrected chi connectivity index (χ2v) is 4.14. The number of benzene rings is 1. The smallest absolute Gasteiger partial charge is 0.243 e. The Hall–Kier alpha value is -2.30. The number of amides is 1. The Kier molecular flexibility index (Phi) is 3.62. The minimum Gasteiger partial charge on any atom is -0.360 e. The molecule has 2 rings (SSSR count). The Morgan fingerprint density at radius 1 is 1.28 bits per heavy atom. The van der Waals surface area contributed by atoms with E-state index < -0.39 is 0 Å². The Morgan fingerprint density at radius 2 is 2.00 bits per heavy atom. The SMILES string of the molecule is Cc1ccc(NC(=O)CNc2ccn(C)n2)cc1. The fourth-order valence-electron chi connectivity index (χ4n) is 1.52. The molecule has 0 aliphatic heterocycles. The largest absolute Gasteiger partial charge is 0.360 e. The second kappa shape index (κ2) is 5.35. The van der Waals surface area contributed by atoms with E-state index in [1.807, 2.05) is 50.5 Å². The highest BCUT2D eigenvalue weighted by Gasteiger charge is 2.03. The standard InChI is InChI=1S/C13H16N4O/c1-10-3-5-11(6-4-10)15-13(18)9-14-12-7-8-17(2)16-12/h3-8H,9H2,1-2H3,(H,14,16)(H,15,18). The van der Waals surface area contributed by atoms with Crippen LogP contribution < -0.4 is 10.6 Å². The van der Waals surface area contributed by atoms with E-state index in [0.717, 1.165) is 5.69 Å². The van der Waals surface area contributed by atoms with Crippen molar-refractivity contribution in [3.05, 3.63) is 42.1 Å². The molecule has 0 saturated heterocycles. The van der Waals surface area contributed by atoms with Crippen LogP contribution in [0.3, 0.4) is 0 Å². The number of carbonyl (C=O) groups is 1. The summed E-state index contributed by atoms with van der Waals surface area (Å²) in [6.07, 6.45) is 1.82. The van der Waals surface area contributed by atoms with Crippen LogP contribution in [0.25, 0.3) is 0 Å². The molecule has 2 N–H and O–H groups in total. The van der Waals surface area contributed by atoms with E-state index in [-0.39, 0.29) is 12.5 Å². The average molecular weight is 244 g/mol. The minimum atomic E-state index is -0.0930. The molecule has 5 nitrogen and oxygen atoms in total. The van der Waals surface area contributed by atoms with Gasteiger partial charge in [0.05, 0.1) is 6.54 Å². The highest BCUT2D eigenvalue weighted by molar-refractivity contribution is 5.93. The average Bonchev–Trinajstić information content (AvgIpc) is 2.76. The maximum absolute atomic E-state index is 11.7. The molecule has 0 radical (unpaired) electrons. The van der Waals surface area contributed by atoms with E-state index >= 15 is 0 Å². The monoisotopic (exact) mass is 244 g/mol. The number of hydrogen-bond acceptors (Lipinski definition) is 3. The van der Waals surface area contributed by atoms with Crippen molar-refractivity contribution in [1.82, 2.24) is 9.78 Å². The molecule has 94 valence electrons. The number of carbonyl (C=O) groups excluding carboxylic acids is 1. The van der Waals surface area contributed by atoms with E-state index in [1.54, 1.807) is 4.68 Å². The van der Waals surface area contributed by atoms with Gasteiger partial charge in [0.1, 0.15) is 5.82 Å². The van der Waals surface area contributed by atoms with Crippen molar-refractivity contribution in [1.29, 1.82) is 0 Å². The van der Waals surface area contributed by atoms with Gasteiger partial charge in [-0.3, -0.25) is 9.48 Å². The van der Waals surface area contributed by atoms with E-state index in [9.17, 15) is 4.79 Å². The van der Waals surface area contributed by atoms with Crippen LogP contribution in [0.4, 0.5) is 11.5 Å². The number of nitrogens with one attached hydrogen (secondary N) is 2. The Bertz CT molecular complexity index is 530. The molecule has 0 aliphatic carbocycles. The summed E-state index contributed by atoms with van der Waals surface area (Å²) >= 11 is 0. The zero-order chi connectivity index (χ0) is 13.0. The molecule has 0 fully saturated rings. The summed E-state index contributed by atoms with van der Waals surface area (Å²) < 4.78 is 1.68. The van der Waals surface area contributed by atoms with Crippen LogP contribution in [0, 0.1) is 6.92 Å². The quantitative estimate of drug-likeness (QED) is 0.862. The van der Waals surface area contributed by atoms with Crippen LogP contribution in [0.15, 0.2) is 36.5 Å². The number of anilines is 2. The van der Waals surface area contributed by atoms with Gasteiger partial charge >= 0.3 is 0 Å². The van der Waals surface area contributed by atoms with E-state index in [4.69, 9.17) is 0 Å². The van der Waals surface area contributed by atoms with E-state index in [0.29, 0.717) is 5.82 Å². The fourth-order valence-corrected chi connectivity index (χ4v) is 1.52. The molecule has 0 saturated carbocycles. The molecule has 5 heteroatoms. The van der Waals surface area contributed by atoms with Crippen LogP contribution >= 0.6 is 0 Å². The zero-order valence-corrected chi connectivity index (χ0v) is 10.5. The number of aromatic nitrogens is 2. The van der Waals surface area contributed by atoms with Crippen molar-refractivity contribution in [2.24, 2.45) is 7.05 Å². The summed E-state index contributed by atoms with van der Waals surface area (Å²) in [5, 5.41) is 9.89. The van der Waals surface area contributed by atoms with Crippen LogP contribution in [0.1, 0.15) is 5.56 Å². The van der Waals surface area contributed by atoms with Crippen molar-refractivity contribution >= 4 is 17.4 Å². The van der Waals surface area contributed by atoms with Gasteiger partial charge in [0, 0.05) is 25.0 Å². The van der Waals surface area contributed by atoms with Crippen molar-refractivity contribution in [3.63, 3.8) is 0 Å². The second-order valence-electron chi connectivity index (χ2n) is 4.14. The van der Waals surface area contributed by atoms with Crippen molar-refractivity contribution in [2.45, 2.75) is 6.92 Å². The third-order valence-corrected chi connectivity index (χ3v) is 2.48. The van der Waals surface area contributed by atoms with Gasteiger partial charge in [-0.05, 0) is 19.1 Å². The predicted molar refractivity (Wildman–Crippen MR) is 71.5 cm³/mol. The van der Waals surface area contributed by atoms with Gasteiger partial charge in [0.2, 0.25) is 5.91 Å². The normalized spacial score (nSPS) is 10.1. The summed E-state index contributed by atoms with van der Waals surface area (Å²) in [7, 11) is 1.83. The predicted octanol–water partition coefficient (Wildman–Crippen LogP) is 1.78. The number of rotatable bonds is 4. The summed E-state index contributed by atoms with van der Waals surface area (Å²) in [5.74, 6) is 0.598. The van der Waals surface area contributed by atoms with E-state index in [2.05, 4.69) is 15.7 Å². The minimum absolute atomic E-state index is 0.0930. The molecule has 0 spiro atoms. The van der Waals surface area contributed by atoms with Gasteiger partial charge in [0.15, 0.2) is 0 Å². The van der Waals surface area contributed by atoms with Gasteiger partial charge in [-0.1, -0.05) is 17.7 Å². The van der Waals surface area contributed by atoms with Crippen molar-refractivity contribution < 1.29 is 4.79 Å². The first-order chi connectivity index (χ1) is 8.63. The molecule has 0 atom stereocenters. The summed E-state index contributed by atoms with van der Waals surface area (Å²) in [4.78, 5) is 11.7. The first kappa shape index (κ1) is 12.2. The lowest BCUT2D eigenvalue weighted by molar-refractivity contribution is -0.114. The number of nitrogens with zero attached hydrogens (tertiary/aromatic N) is 2. The van der Waals surface area contributed by atoms with Gasteiger partial charge < -0.3 is 10.6 Å². The van der Waals surface area contributed by atoms with Crippen molar-refractivity contribution in [3.8, 4) is 0 Å². The van der Waals surface area contributed by atoms with Gasteiger partial charge in [-0.25, -0.2) is 0 Å². The molecule has 1 aromatic carbocycles. The fraction of sp³-hybridized carbons (Fsp3) is 0.231. The van der Waals surface area contributed by atoms with Gasteiger partial charge in [-0.2, -0.15) is 5.10 Å². The molecule has 1 amide bonds. The molecule has 2 aromatic rings. The third kappa shape index (κ3) is 3.35. The molecule has 0 unspecified atom stereocenters. The third-order valence-electron chi connectivity index (χ3n) is 2.48. The maximum Gasteiger partial charge on any atom is 0.243 e. The molecule has 0 aliphatic rings. The Morgan fingerprint density at radius 3 is 2.61 bits per heavy atom. The first-order valence-corrected chi connectivity index (χ1v) is 5.73. The summed E-state index contributed by atoms with van der Waals surface area (Å²) in [5.41, 5.74) is 1.97. The van der Waals surface area contributed by atoms with Crippen LogP contribution in [0.5, 0.6) is 0 Å². The van der Waals surface area contributed by atoms with Crippen LogP contribution in [0.2, 0.25) is 0 Å². The van der Waals surface area contributed by atoms with Crippen LogP contribution in [-0.2, 0) is 11.8 Å². The number of hydrogen-bond donors (Lipinski definition) is 2. The highest BCUT2D eigenvalue weighted by atomic mass is 16.1. The Balaban J connectivity index is 1.83. The lowest BCUT2D eigenvalue weighted by atomic mass is 10.2. The Labute approximate surface area is 106 Å². The van der Waals surface area contributed by atoms with Gasteiger partial charge in [0.25, 0.3) is 0 Å². The summed E-state index contributed by atoms with van der Waals surface area (Å²) in [6, 6.07) is 9.50.